The van der Waals surface area contributed by atoms with Crippen LogP contribution in [0.2, 0.25) is 0 Å². The third kappa shape index (κ3) is 4.35. The van der Waals surface area contributed by atoms with E-state index >= 15 is 0 Å². The summed E-state index contributed by atoms with van der Waals surface area (Å²) in [7, 11) is 3.90. The van der Waals surface area contributed by atoms with Gasteiger partial charge in [-0.3, -0.25) is 4.79 Å². The van der Waals surface area contributed by atoms with Gasteiger partial charge in [0.1, 0.15) is 5.82 Å². The first kappa shape index (κ1) is 14.5. The minimum atomic E-state index is 0.0848. The summed E-state index contributed by atoms with van der Waals surface area (Å²) in [6.45, 7) is 0.548. The largest absolute Gasteiger partial charge is 0.363 e. The zero-order valence-electron chi connectivity index (χ0n) is 11.8. The number of pyridine rings is 1. The summed E-state index contributed by atoms with van der Waals surface area (Å²) in [5.41, 5.74) is 1.06. The fraction of sp³-hybridized carbons (Fsp3) is 0.333. The number of aromatic nitrogens is 1. The monoisotopic (exact) mass is 289 g/mol. The van der Waals surface area contributed by atoms with Gasteiger partial charge in [-0.05, 0) is 35.6 Å². The van der Waals surface area contributed by atoms with Gasteiger partial charge in [0.15, 0.2) is 0 Å². The Labute approximate surface area is 123 Å². The van der Waals surface area contributed by atoms with Crippen molar-refractivity contribution in [3.8, 4) is 0 Å². The lowest BCUT2D eigenvalue weighted by Gasteiger charge is -2.12. The average molecular weight is 289 g/mol. The molecule has 2 rings (SSSR count). The Kier molecular flexibility index (Phi) is 5.12. The average Bonchev–Trinajstić information content (AvgIpc) is 2.96. The minimum Gasteiger partial charge on any atom is -0.363 e. The second kappa shape index (κ2) is 7.05. The van der Waals surface area contributed by atoms with Crippen LogP contribution in [0.1, 0.15) is 16.9 Å². The van der Waals surface area contributed by atoms with Crippen molar-refractivity contribution in [1.82, 2.24) is 10.3 Å². The zero-order valence-corrected chi connectivity index (χ0v) is 12.6. The van der Waals surface area contributed by atoms with Gasteiger partial charge >= 0.3 is 0 Å². The van der Waals surface area contributed by atoms with Crippen LogP contribution in [-0.4, -0.2) is 25.0 Å². The van der Waals surface area contributed by atoms with Gasteiger partial charge in [0.25, 0.3) is 0 Å². The van der Waals surface area contributed by atoms with Gasteiger partial charge in [0.2, 0.25) is 5.91 Å². The van der Waals surface area contributed by atoms with Gasteiger partial charge in [-0.2, -0.15) is 0 Å². The highest BCUT2D eigenvalue weighted by Crippen LogP contribution is 2.11. The van der Waals surface area contributed by atoms with Crippen LogP contribution >= 0.6 is 11.3 Å². The fourth-order valence-electron chi connectivity index (χ4n) is 1.80. The van der Waals surface area contributed by atoms with Crippen molar-refractivity contribution < 1.29 is 4.79 Å². The molecule has 0 saturated heterocycles. The molecule has 0 saturated carbocycles. The SMILES string of the molecule is CN(C)c1cc(CNC(=O)CCc2cccs2)ccn1. The Morgan fingerprint density at radius 2 is 2.25 bits per heavy atom. The van der Waals surface area contributed by atoms with E-state index < -0.39 is 0 Å². The van der Waals surface area contributed by atoms with Gasteiger partial charge in [-0.1, -0.05) is 6.07 Å². The summed E-state index contributed by atoms with van der Waals surface area (Å²) < 4.78 is 0. The summed E-state index contributed by atoms with van der Waals surface area (Å²) >= 11 is 1.69. The molecule has 20 heavy (non-hydrogen) atoms. The molecule has 0 aliphatic rings. The van der Waals surface area contributed by atoms with E-state index in [4.69, 9.17) is 0 Å². The first-order valence-electron chi connectivity index (χ1n) is 6.56. The predicted molar refractivity (Wildman–Crippen MR) is 83.1 cm³/mol. The van der Waals surface area contributed by atoms with Gasteiger partial charge in [-0.25, -0.2) is 4.98 Å². The highest BCUT2D eigenvalue weighted by molar-refractivity contribution is 7.09. The topological polar surface area (TPSA) is 45.2 Å². The molecule has 5 heteroatoms. The molecule has 0 bridgehead atoms. The lowest BCUT2D eigenvalue weighted by Crippen LogP contribution is -2.23. The van der Waals surface area contributed by atoms with Crippen LogP contribution in [0.15, 0.2) is 35.8 Å². The number of aryl methyl sites for hydroxylation is 1. The maximum absolute atomic E-state index is 11.8. The Balaban J connectivity index is 1.79. The number of rotatable bonds is 6. The van der Waals surface area contributed by atoms with Crippen molar-refractivity contribution in [2.24, 2.45) is 0 Å². The second-order valence-corrected chi connectivity index (χ2v) is 5.81. The number of hydrogen-bond donors (Lipinski definition) is 1. The molecule has 0 fully saturated rings. The number of anilines is 1. The van der Waals surface area contributed by atoms with Gasteiger partial charge in [-0.15, -0.1) is 11.3 Å². The van der Waals surface area contributed by atoms with E-state index in [1.165, 1.54) is 4.88 Å². The van der Waals surface area contributed by atoms with Gasteiger partial charge in [0.05, 0.1) is 0 Å². The van der Waals surface area contributed by atoms with Crippen molar-refractivity contribution in [3.63, 3.8) is 0 Å². The number of amides is 1. The molecular formula is C15H19N3OS. The number of carbonyl (C=O) groups excluding carboxylic acids is 1. The minimum absolute atomic E-state index is 0.0848. The van der Waals surface area contributed by atoms with Crippen molar-refractivity contribution in [1.29, 1.82) is 0 Å². The highest BCUT2D eigenvalue weighted by atomic mass is 32.1. The molecular weight excluding hydrogens is 270 g/mol. The molecule has 2 aromatic heterocycles. The van der Waals surface area contributed by atoms with Crippen LogP contribution in [-0.2, 0) is 17.8 Å². The molecule has 0 atom stereocenters. The van der Waals surface area contributed by atoms with Crippen LogP contribution in [0.5, 0.6) is 0 Å². The number of nitrogens with one attached hydrogen (secondary N) is 1. The fourth-order valence-corrected chi connectivity index (χ4v) is 2.50. The molecule has 2 heterocycles. The normalized spacial score (nSPS) is 10.3. The van der Waals surface area contributed by atoms with E-state index in [0.29, 0.717) is 13.0 Å². The summed E-state index contributed by atoms with van der Waals surface area (Å²) in [6, 6.07) is 7.98. The summed E-state index contributed by atoms with van der Waals surface area (Å²) in [4.78, 5) is 19.2. The number of nitrogens with zero attached hydrogens (tertiary/aromatic N) is 2. The second-order valence-electron chi connectivity index (χ2n) is 4.77. The molecule has 0 aliphatic carbocycles. The molecule has 1 amide bonds. The molecule has 0 aromatic carbocycles. The lowest BCUT2D eigenvalue weighted by molar-refractivity contribution is -0.121. The molecule has 0 radical (unpaired) electrons. The van der Waals surface area contributed by atoms with E-state index in [1.807, 2.05) is 42.6 Å². The number of hydrogen-bond acceptors (Lipinski definition) is 4. The first-order chi connectivity index (χ1) is 9.65. The number of carbonyl (C=O) groups is 1. The van der Waals surface area contributed by atoms with E-state index in [2.05, 4.69) is 16.4 Å². The molecule has 0 aliphatic heterocycles. The van der Waals surface area contributed by atoms with Crippen molar-refractivity contribution in [2.75, 3.05) is 19.0 Å². The van der Waals surface area contributed by atoms with Crippen LogP contribution < -0.4 is 10.2 Å². The van der Waals surface area contributed by atoms with Crippen LogP contribution in [0, 0.1) is 0 Å². The predicted octanol–water partition coefficient (Wildman–Crippen LogP) is 2.46. The van der Waals surface area contributed by atoms with Crippen molar-refractivity contribution in [3.05, 3.63) is 46.3 Å². The molecule has 1 N–H and O–H groups in total. The molecule has 106 valence electrons. The number of thiophene rings is 1. The van der Waals surface area contributed by atoms with E-state index in [0.717, 1.165) is 17.8 Å². The molecule has 0 unspecified atom stereocenters. The smallest absolute Gasteiger partial charge is 0.220 e. The lowest BCUT2D eigenvalue weighted by atomic mass is 10.2. The third-order valence-electron chi connectivity index (χ3n) is 2.94. The van der Waals surface area contributed by atoms with Gasteiger partial charge in [0, 0.05) is 38.1 Å². The first-order valence-corrected chi connectivity index (χ1v) is 7.44. The Morgan fingerprint density at radius 1 is 1.40 bits per heavy atom. The summed E-state index contributed by atoms with van der Waals surface area (Å²) in [5.74, 6) is 0.983. The molecule has 0 spiro atoms. The Hall–Kier alpha value is -1.88. The van der Waals surface area contributed by atoms with E-state index in [-0.39, 0.29) is 5.91 Å². The Bertz CT molecular complexity index is 552. The maximum atomic E-state index is 11.8. The van der Waals surface area contributed by atoms with Crippen molar-refractivity contribution >= 4 is 23.1 Å². The summed E-state index contributed by atoms with van der Waals surface area (Å²) in [6.07, 6.45) is 3.11. The Morgan fingerprint density at radius 3 is 2.95 bits per heavy atom. The third-order valence-corrected chi connectivity index (χ3v) is 3.87. The van der Waals surface area contributed by atoms with Crippen LogP contribution in [0.4, 0.5) is 5.82 Å². The molecule has 4 nitrogen and oxygen atoms in total. The van der Waals surface area contributed by atoms with Crippen LogP contribution in [0.25, 0.3) is 0 Å². The quantitative estimate of drug-likeness (QED) is 0.888. The van der Waals surface area contributed by atoms with E-state index in [9.17, 15) is 4.79 Å². The van der Waals surface area contributed by atoms with E-state index in [1.54, 1.807) is 17.5 Å². The standard InChI is InChI=1S/C15H19N3OS/c1-18(2)14-10-12(7-8-16-14)11-17-15(19)6-5-13-4-3-9-20-13/h3-4,7-10H,5-6,11H2,1-2H3,(H,17,19). The van der Waals surface area contributed by atoms with Crippen molar-refractivity contribution in [2.45, 2.75) is 19.4 Å². The molecule has 2 aromatic rings. The zero-order chi connectivity index (χ0) is 14.4. The van der Waals surface area contributed by atoms with Gasteiger partial charge < -0.3 is 10.2 Å². The highest BCUT2D eigenvalue weighted by Gasteiger charge is 2.04. The maximum Gasteiger partial charge on any atom is 0.220 e. The van der Waals surface area contributed by atoms with Crippen LogP contribution in [0.3, 0.4) is 0 Å². The summed E-state index contributed by atoms with van der Waals surface area (Å²) in [5, 5.41) is 4.98.